The van der Waals surface area contributed by atoms with Gasteiger partial charge < -0.3 is 5.73 Å². The highest BCUT2D eigenvalue weighted by atomic mass is 14.7. The van der Waals surface area contributed by atoms with E-state index in [0.717, 1.165) is 11.4 Å². The molecule has 0 aliphatic heterocycles. The third kappa shape index (κ3) is 1.61. The van der Waals surface area contributed by atoms with Crippen molar-refractivity contribution in [3.8, 4) is 0 Å². The van der Waals surface area contributed by atoms with Crippen molar-refractivity contribution >= 4 is 10.9 Å². The Morgan fingerprint density at radius 3 is 2.87 bits per heavy atom. The number of nitrogens with zero attached hydrogens (tertiary/aromatic N) is 1. The van der Waals surface area contributed by atoms with Gasteiger partial charge in [0, 0.05) is 18.1 Å². The molecular formula is C13H14N2. The number of aromatic nitrogens is 1. The van der Waals surface area contributed by atoms with E-state index in [1.807, 2.05) is 18.3 Å². The first-order chi connectivity index (χ1) is 7.36. The van der Waals surface area contributed by atoms with Crippen molar-refractivity contribution in [1.82, 2.24) is 4.98 Å². The van der Waals surface area contributed by atoms with Crippen LogP contribution in [0.3, 0.4) is 0 Å². The van der Waals surface area contributed by atoms with Gasteiger partial charge >= 0.3 is 0 Å². The fraction of sp³-hybridized carbons (Fsp3) is 0.308. The molecule has 1 heterocycles. The van der Waals surface area contributed by atoms with Gasteiger partial charge in [-0.15, -0.1) is 0 Å². The Morgan fingerprint density at radius 2 is 2.13 bits per heavy atom. The van der Waals surface area contributed by atoms with Crippen molar-refractivity contribution in [3.05, 3.63) is 41.6 Å². The summed E-state index contributed by atoms with van der Waals surface area (Å²) in [6.45, 7) is 0.601. The molecule has 0 bridgehead atoms. The first-order valence-corrected chi connectivity index (χ1v) is 5.45. The highest BCUT2D eigenvalue weighted by Crippen LogP contribution is 2.40. The predicted molar refractivity (Wildman–Crippen MR) is 61.6 cm³/mol. The van der Waals surface area contributed by atoms with E-state index >= 15 is 0 Å². The standard InChI is InChI=1S/C13H14N2/c14-7-9-1-4-13-11(5-9)6-12(8-15-13)10-2-3-10/h1,4-6,8,10H,2-3,7,14H2. The summed E-state index contributed by atoms with van der Waals surface area (Å²) in [7, 11) is 0. The van der Waals surface area contributed by atoms with Crippen LogP contribution in [0, 0.1) is 0 Å². The second-order valence-electron chi connectivity index (χ2n) is 4.27. The van der Waals surface area contributed by atoms with E-state index in [9.17, 15) is 0 Å². The summed E-state index contributed by atoms with van der Waals surface area (Å²) < 4.78 is 0. The van der Waals surface area contributed by atoms with Gasteiger partial charge in [0.15, 0.2) is 0 Å². The van der Waals surface area contributed by atoms with Crippen LogP contribution in [0.2, 0.25) is 0 Å². The first kappa shape index (κ1) is 8.86. The summed E-state index contributed by atoms with van der Waals surface area (Å²) in [5.74, 6) is 0.767. The maximum absolute atomic E-state index is 5.63. The number of nitrogens with two attached hydrogens (primary N) is 1. The SMILES string of the molecule is NCc1ccc2ncc(C3CC3)cc2c1. The quantitative estimate of drug-likeness (QED) is 0.805. The Morgan fingerprint density at radius 1 is 1.27 bits per heavy atom. The van der Waals surface area contributed by atoms with Gasteiger partial charge in [-0.3, -0.25) is 4.98 Å². The van der Waals surface area contributed by atoms with Crippen LogP contribution >= 0.6 is 0 Å². The van der Waals surface area contributed by atoms with Gasteiger partial charge in [0.05, 0.1) is 5.52 Å². The Kier molecular flexibility index (Phi) is 1.96. The molecule has 3 rings (SSSR count). The van der Waals surface area contributed by atoms with Gasteiger partial charge in [-0.25, -0.2) is 0 Å². The van der Waals surface area contributed by atoms with E-state index in [0.29, 0.717) is 6.54 Å². The van der Waals surface area contributed by atoms with E-state index in [4.69, 9.17) is 5.73 Å². The van der Waals surface area contributed by atoms with E-state index in [1.54, 1.807) is 0 Å². The minimum absolute atomic E-state index is 0.601. The van der Waals surface area contributed by atoms with Gasteiger partial charge in [0.25, 0.3) is 0 Å². The summed E-state index contributed by atoms with van der Waals surface area (Å²) in [4.78, 5) is 4.48. The van der Waals surface area contributed by atoms with Crippen LogP contribution in [0.15, 0.2) is 30.5 Å². The van der Waals surface area contributed by atoms with Crippen LogP contribution in [-0.4, -0.2) is 4.98 Å². The Labute approximate surface area is 89.1 Å². The lowest BCUT2D eigenvalue weighted by Gasteiger charge is -2.03. The molecule has 1 aromatic heterocycles. The fourth-order valence-electron chi connectivity index (χ4n) is 1.96. The van der Waals surface area contributed by atoms with Gasteiger partial charge in [0.2, 0.25) is 0 Å². The van der Waals surface area contributed by atoms with E-state index in [-0.39, 0.29) is 0 Å². The zero-order valence-corrected chi connectivity index (χ0v) is 8.61. The topological polar surface area (TPSA) is 38.9 Å². The molecular weight excluding hydrogens is 184 g/mol. The summed E-state index contributed by atoms with van der Waals surface area (Å²) in [6, 6.07) is 8.51. The minimum Gasteiger partial charge on any atom is -0.326 e. The highest BCUT2D eigenvalue weighted by Gasteiger charge is 2.23. The molecule has 2 nitrogen and oxygen atoms in total. The molecule has 2 aromatic rings. The van der Waals surface area contributed by atoms with Crippen molar-refractivity contribution in [2.24, 2.45) is 5.73 Å². The van der Waals surface area contributed by atoms with E-state index in [1.165, 1.54) is 29.4 Å². The van der Waals surface area contributed by atoms with Crippen LogP contribution in [0.1, 0.15) is 29.9 Å². The Bertz CT molecular complexity index is 501. The average Bonchev–Trinajstić information content (AvgIpc) is 3.11. The van der Waals surface area contributed by atoms with Crippen molar-refractivity contribution in [1.29, 1.82) is 0 Å². The third-order valence-corrected chi connectivity index (χ3v) is 3.05. The number of hydrogen-bond acceptors (Lipinski definition) is 2. The maximum atomic E-state index is 5.63. The molecule has 1 aromatic carbocycles. The number of pyridine rings is 1. The predicted octanol–water partition coefficient (Wildman–Crippen LogP) is 2.57. The average molecular weight is 198 g/mol. The molecule has 1 fully saturated rings. The van der Waals surface area contributed by atoms with Crippen LogP contribution in [-0.2, 0) is 6.54 Å². The number of fused-ring (bicyclic) bond motifs is 1. The van der Waals surface area contributed by atoms with Gasteiger partial charge in [-0.2, -0.15) is 0 Å². The van der Waals surface area contributed by atoms with E-state index < -0.39 is 0 Å². The van der Waals surface area contributed by atoms with Crippen LogP contribution in [0.5, 0.6) is 0 Å². The lowest BCUT2D eigenvalue weighted by atomic mass is 10.1. The molecule has 1 aliphatic carbocycles. The first-order valence-electron chi connectivity index (χ1n) is 5.45. The molecule has 76 valence electrons. The number of hydrogen-bond donors (Lipinski definition) is 1. The zero-order valence-electron chi connectivity index (χ0n) is 8.61. The lowest BCUT2D eigenvalue weighted by Crippen LogP contribution is -1.96. The molecule has 0 amide bonds. The summed E-state index contributed by atoms with van der Waals surface area (Å²) >= 11 is 0. The minimum atomic E-state index is 0.601. The van der Waals surface area contributed by atoms with Crippen molar-refractivity contribution in [2.45, 2.75) is 25.3 Å². The van der Waals surface area contributed by atoms with E-state index in [2.05, 4.69) is 17.1 Å². The molecule has 0 unspecified atom stereocenters. The lowest BCUT2D eigenvalue weighted by molar-refractivity contribution is 1.07. The fourth-order valence-corrected chi connectivity index (χ4v) is 1.96. The van der Waals surface area contributed by atoms with Gasteiger partial charge in [-0.1, -0.05) is 6.07 Å². The summed E-state index contributed by atoms with van der Waals surface area (Å²) in [6.07, 6.45) is 4.66. The monoisotopic (exact) mass is 198 g/mol. The molecule has 2 N–H and O–H groups in total. The van der Waals surface area contributed by atoms with Crippen molar-refractivity contribution in [2.75, 3.05) is 0 Å². The van der Waals surface area contributed by atoms with Crippen LogP contribution < -0.4 is 5.73 Å². The smallest absolute Gasteiger partial charge is 0.0702 e. The molecule has 2 heteroatoms. The molecule has 1 aliphatic rings. The Hall–Kier alpha value is -1.41. The van der Waals surface area contributed by atoms with Crippen molar-refractivity contribution < 1.29 is 0 Å². The number of benzene rings is 1. The normalized spacial score (nSPS) is 15.8. The van der Waals surface area contributed by atoms with Crippen LogP contribution in [0.4, 0.5) is 0 Å². The third-order valence-electron chi connectivity index (χ3n) is 3.05. The maximum Gasteiger partial charge on any atom is 0.0702 e. The number of rotatable bonds is 2. The largest absolute Gasteiger partial charge is 0.326 e. The molecule has 0 spiro atoms. The molecule has 1 saturated carbocycles. The van der Waals surface area contributed by atoms with Crippen LogP contribution in [0.25, 0.3) is 10.9 Å². The Balaban J connectivity index is 2.14. The summed E-state index contributed by atoms with van der Waals surface area (Å²) in [5.41, 5.74) is 9.26. The molecule has 15 heavy (non-hydrogen) atoms. The van der Waals surface area contributed by atoms with Gasteiger partial charge in [0.1, 0.15) is 0 Å². The second kappa shape index (κ2) is 3.31. The second-order valence-corrected chi connectivity index (χ2v) is 4.27. The van der Waals surface area contributed by atoms with Crippen molar-refractivity contribution in [3.63, 3.8) is 0 Å². The van der Waals surface area contributed by atoms with Gasteiger partial charge in [-0.05, 0) is 48.1 Å². The summed E-state index contributed by atoms with van der Waals surface area (Å²) in [5, 5.41) is 1.22. The molecule has 0 radical (unpaired) electrons. The molecule has 0 atom stereocenters. The highest BCUT2D eigenvalue weighted by molar-refractivity contribution is 5.79. The molecule has 0 saturated heterocycles. The zero-order chi connectivity index (χ0) is 10.3.